The number of piperidine rings is 1. The molecule has 41 heavy (non-hydrogen) atoms. The Hall–Kier alpha value is -4.11. The molecular formula is C26H24F4N8O2S. The van der Waals surface area contributed by atoms with Gasteiger partial charge in [0, 0.05) is 35.6 Å². The van der Waals surface area contributed by atoms with Gasteiger partial charge in [0.25, 0.3) is 0 Å². The first-order valence-corrected chi connectivity index (χ1v) is 13.7. The number of aryl methyl sites for hydroxylation is 1. The van der Waals surface area contributed by atoms with Gasteiger partial charge in [-0.2, -0.15) is 23.4 Å². The summed E-state index contributed by atoms with van der Waals surface area (Å²) in [5, 5.41) is 10.5. The summed E-state index contributed by atoms with van der Waals surface area (Å²) in [4.78, 5) is 28.8. The second-order valence-electron chi connectivity index (χ2n) is 9.79. The van der Waals surface area contributed by atoms with Crippen LogP contribution in [0.5, 0.6) is 0 Å². The molecule has 1 unspecified atom stereocenters. The van der Waals surface area contributed by atoms with Gasteiger partial charge in [-0.3, -0.25) is 19.8 Å². The van der Waals surface area contributed by atoms with Gasteiger partial charge in [0.1, 0.15) is 31.1 Å². The number of hydroxylamine groups is 1. The Morgan fingerprint density at radius 1 is 1.24 bits per heavy atom. The number of benzene rings is 1. The smallest absolute Gasteiger partial charge is 0.341 e. The van der Waals surface area contributed by atoms with Crippen molar-refractivity contribution >= 4 is 22.9 Å². The van der Waals surface area contributed by atoms with Crippen molar-refractivity contribution < 1.29 is 27.2 Å². The molecule has 214 valence electrons. The van der Waals surface area contributed by atoms with Crippen LogP contribution >= 0.6 is 11.3 Å². The number of halogens is 4. The minimum Gasteiger partial charge on any atom is -0.341 e. The number of carbonyl (C=O) groups is 1. The fraction of sp³-hybridized carbons (Fsp3) is 0.346. The molecule has 3 aromatic heterocycles. The third-order valence-electron chi connectivity index (χ3n) is 7.15. The van der Waals surface area contributed by atoms with Crippen LogP contribution in [0.25, 0.3) is 11.4 Å². The van der Waals surface area contributed by atoms with E-state index < -0.39 is 23.8 Å². The quantitative estimate of drug-likeness (QED) is 0.333. The van der Waals surface area contributed by atoms with Crippen LogP contribution in [0, 0.1) is 12.7 Å². The summed E-state index contributed by atoms with van der Waals surface area (Å²) in [6.07, 6.45) is 0.697. The van der Waals surface area contributed by atoms with Crippen molar-refractivity contribution in [1.82, 2.24) is 39.9 Å². The van der Waals surface area contributed by atoms with Crippen LogP contribution in [0.2, 0.25) is 0 Å². The molecule has 1 saturated heterocycles. The van der Waals surface area contributed by atoms with Gasteiger partial charge < -0.3 is 4.90 Å². The maximum atomic E-state index is 14.9. The van der Waals surface area contributed by atoms with Gasteiger partial charge in [-0.05, 0) is 44.0 Å². The molecule has 15 heteroatoms. The van der Waals surface area contributed by atoms with Crippen LogP contribution in [-0.2, 0) is 22.4 Å². The fourth-order valence-corrected chi connectivity index (χ4v) is 5.97. The van der Waals surface area contributed by atoms with Gasteiger partial charge in [-0.25, -0.2) is 19.0 Å². The number of hydrogen-bond acceptors (Lipinski definition) is 8. The molecule has 0 aliphatic carbocycles. The van der Waals surface area contributed by atoms with Crippen LogP contribution in [0.4, 0.5) is 17.6 Å². The van der Waals surface area contributed by atoms with E-state index in [0.717, 1.165) is 15.8 Å². The molecule has 5 heterocycles. The fourth-order valence-electron chi connectivity index (χ4n) is 4.98. The zero-order chi connectivity index (χ0) is 28.7. The number of aromatic nitrogens is 6. The number of nitrogens with one attached hydrogen (secondary N) is 1. The van der Waals surface area contributed by atoms with Crippen molar-refractivity contribution in [3.8, 4) is 5.69 Å². The molecule has 2 aliphatic heterocycles. The Morgan fingerprint density at radius 3 is 2.76 bits per heavy atom. The SMILES string of the molecule is Cc1cc(C(F)(F)F)nn1CC(=O)N1CCC(c2nc(C3=CC(c4c(F)cccc4-n4cncn4)ON3)cs2)CC1. The Morgan fingerprint density at radius 2 is 2.05 bits per heavy atom. The van der Waals surface area contributed by atoms with E-state index in [1.54, 1.807) is 23.1 Å². The number of thiazole rings is 1. The van der Waals surface area contributed by atoms with Crippen molar-refractivity contribution in [3.05, 3.63) is 81.8 Å². The van der Waals surface area contributed by atoms with Crippen molar-refractivity contribution in [2.45, 2.75) is 44.5 Å². The van der Waals surface area contributed by atoms with E-state index in [2.05, 4.69) is 20.7 Å². The van der Waals surface area contributed by atoms with Gasteiger partial charge in [0.05, 0.1) is 22.1 Å². The summed E-state index contributed by atoms with van der Waals surface area (Å²) in [5.74, 6) is -0.582. The summed E-state index contributed by atoms with van der Waals surface area (Å²) in [6, 6.07) is 5.62. The number of likely N-dealkylation sites (tertiary alicyclic amines) is 1. The Kier molecular flexibility index (Phi) is 7.07. The van der Waals surface area contributed by atoms with Gasteiger partial charge in [0.15, 0.2) is 5.69 Å². The second kappa shape index (κ2) is 10.7. The van der Waals surface area contributed by atoms with Crippen molar-refractivity contribution in [2.75, 3.05) is 13.1 Å². The molecule has 1 N–H and O–H groups in total. The Bertz CT molecular complexity index is 1590. The first-order chi connectivity index (χ1) is 19.7. The Balaban J connectivity index is 1.09. The van der Waals surface area contributed by atoms with E-state index in [4.69, 9.17) is 9.82 Å². The van der Waals surface area contributed by atoms with Crippen LogP contribution in [-0.4, -0.2) is 53.4 Å². The molecule has 1 aromatic carbocycles. The minimum absolute atomic E-state index is 0.130. The highest BCUT2D eigenvalue weighted by Crippen LogP contribution is 2.36. The summed E-state index contributed by atoms with van der Waals surface area (Å²) < 4.78 is 56.3. The van der Waals surface area contributed by atoms with Crippen molar-refractivity contribution in [1.29, 1.82) is 0 Å². The average molecular weight is 589 g/mol. The van der Waals surface area contributed by atoms with Crippen LogP contribution in [0.3, 0.4) is 0 Å². The molecule has 1 atom stereocenters. The van der Waals surface area contributed by atoms with Crippen molar-refractivity contribution in [3.63, 3.8) is 0 Å². The maximum Gasteiger partial charge on any atom is 0.435 e. The van der Waals surface area contributed by atoms with Crippen LogP contribution in [0.15, 0.2) is 48.4 Å². The molecular weight excluding hydrogens is 564 g/mol. The summed E-state index contributed by atoms with van der Waals surface area (Å²) in [5.41, 5.74) is 4.24. The lowest BCUT2D eigenvalue weighted by atomic mass is 9.97. The topological polar surface area (TPSA) is 103 Å². The first-order valence-electron chi connectivity index (χ1n) is 12.8. The zero-order valence-corrected chi connectivity index (χ0v) is 22.5. The molecule has 0 bridgehead atoms. The van der Waals surface area contributed by atoms with E-state index in [0.29, 0.717) is 48.6 Å². The monoisotopic (exact) mass is 588 g/mol. The highest BCUT2D eigenvalue weighted by atomic mass is 32.1. The highest BCUT2D eigenvalue weighted by Gasteiger charge is 2.35. The number of carbonyl (C=O) groups excluding carboxylic acids is 1. The molecule has 0 spiro atoms. The van der Waals surface area contributed by atoms with Gasteiger partial charge in [-0.15, -0.1) is 11.3 Å². The minimum atomic E-state index is -4.56. The number of amides is 1. The van der Waals surface area contributed by atoms with E-state index in [1.807, 2.05) is 5.38 Å². The second-order valence-corrected chi connectivity index (χ2v) is 10.7. The third-order valence-corrected chi connectivity index (χ3v) is 8.15. The van der Waals surface area contributed by atoms with Crippen molar-refractivity contribution in [2.24, 2.45) is 0 Å². The number of rotatable bonds is 6. The molecule has 4 aromatic rings. The first kappa shape index (κ1) is 27.1. The van der Waals surface area contributed by atoms with Crippen LogP contribution in [0.1, 0.15) is 52.5 Å². The van der Waals surface area contributed by atoms with E-state index >= 15 is 0 Å². The highest BCUT2D eigenvalue weighted by molar-refractivity contribution is 7.09. The predicted molar refractivity (Wildman–Crippen MR) is 139 cm³/mol. The lowest BCUT2D eigenvalue weighted by Gasteiger charge is -2.31. The third kappa shape index (κ3) is 5.46. The van der Waals surface area contributed by atoms with E-state index in [9.17, 15) is 22.4 Å². The molecule has 6 rings (SSSR count). The molecule has 2 aliphatic rings. The molecule has 10 nitrogen and oxygen atoms in total. The molecule has 1 fully saturated rings. The standard InChI is InChI=1S/C26H24F4N8O2S/c1-15-9-22(26(28,29)30)34-37(15)11-23(39)36-7-5-16(6-8-36)25-33-19(12-41-25)18-10-21(40-35-18)24-17(27)3-2-4-20(24)38-14-31-13-32-38/h2-4,9-10,12-14,16,21,35H,5-8,11H2,1H3. The number of nitrogens with zero attached hydrogens (tertiary/aromatic N) is 7. The summed E-state index contributed by atoms with van der Waals surface area (Å²) in [7, 11) is 0. The largest absolute Gasteiger partial charge is 0.435 e. The summed E-state index contributed by atoms with van der Waals surface area (Å²) in [6.45, 7) is 2.19. The molecule has 1 amide bonds. The van der Waals surface area contributed by atoms with Gasteiger partial charge in [0.2, 0.25) is 5.91 Å². The predicted octanol–water partition coefficient (Wildman–Crippen LogP) is 4.41. The van der Waals surface area contributed by atoms with Gasteiger partial charge >= 0.3 is 6.18 Å². The lowest BCUT2D eigenvalue weighted by molar-refractivity contribution is -0.142. The average Bonchev–Trinajstić information content (AvgIpc) is 3.76. The molecule has 0 saturated carbocycles. The van der Waals surface area contributed by atoms with Gasteiger partial charge in [-0.1, -0.05) is 6.07 Å². The number of alkyl halides is 3. The van der Waals surface area contributed by atoms with Crippen LogP contribution < -0.4 is 5.48 Å². The molecule has 0 radical (unpaired) electrons. The van der Waals surface area contributed by atoms with E-state index in [1.165, 1.54) is 41.7 Å². The normalized spacial score (nSPS) is 18.0. The maximum absolute atomic E-state index is 14.9. The Labute approximate surface area is 235 Å². The number of hydrogen-bond donors (Lipinski definition) is 1. The van der Waals surface area contributed by atoms with E-state index in [-0.39, 0.29) is 24.1 Å². The lowest BCUT2D eigenvalue weighted by Crippen LogP contribution is -2.40. The summed E-state index contributed by atoms with van der Waals surface area (Å²) >= 11 is 1.50. The zero-order valence-electron chi connectivity index (χ0n) is 21.7.